The van der Waals surface area contributed by atoms with E-state index in [1.54, 1.807) is 4.90 Å². The molecule has 1 aromatic carbocycles. The van der Waals surface area contributed by atoms with E-state index in [-0.39, 0.29) is 19.1 Å². The number of carbonyl (C=O) groups excluding carboxylic acids is 1. The summed E-state index contributed by atoms with van der Waals surface area (Å²) in [7, 11) is 0. The lowest BCUT2D eigenvalue weighted by Crippen LogP contribution is -2.48. The van der Waals surface area contributed by atoms with E-state index < -0.39 is 12.1 Å². The van der Waals surface area contributed by atoms with Gasteiger partial charge in [-0.3, -0.25) is 4.79 Å². The third-order valence-electron chi connectivity index (χ3n) is 4.76. The molecule has 1 saturated heterocycles. The van der Waals surface area contributed by atoms with Crippen LogP contribution in [0.15, 0.2) is 30.3 Å². The van der Waals surface area contributed by atoms with Crippen LogP contribution in [0.5, 0.6) is 0 Å². The highest BCUT2D eigenvalue weighted by atomic mass is 16.5. The first-order valence-corrected chi connectivity index (χ1v) is 8.45. The van der Waals surface area contributed by atoms with Crippen LogP contribution >= 0.6 is 0 Å². The van der Waals surface area contributed by atoms with Gasteiger partial charge in [0.15, 0.2) is 11.8 Å². The molecular formula is C18H19N3O4. The molecule has 2 aromatic rings. The van der Waals surface area contributed by atoms with Crippen LogP contribution in [0.4, 0.5) is 0 Å². The van der Waals surface area contributed by atoms with E-state index in [4.69, 9.17) is 9.84 Å². The summed E-state index contributed by atoms with van der Waals surface area (Å²) in [5.41, 5.74) is 3.46. The first kappa shape index (κ1) is 15.8. The number of morpholine rings is 1. The highest BCUT2D eigenvalue weighted by Crippen LogP contribution is 2.28. The third-order valence-corrected chi connectivity index (χ3v) is 4.76. The topological polar surface area (TPSA) is 84.7 Å². The number of benzene rings is 1. The summed E-state index contributed by atoms with van der Waals surface area (Å²) in [5, 5.41) is 13.7. The molecule has 25 heavy (non-hydrogen) atoms. The van der Waals surface area contributed by atoms with Crippen LogP contribution in [0.25, 0.3) is 5.69 Å². The van der Waals surface area contributed by atoms with E-state index in [2.05, 4.69) is 5.10 Å². The highest BCUT2D eigenvalue weighted by molar-refractivity contribution is 5.94. The SMILES string of the molecule is O=C(O)C1CN(C(=O)c2nn(-c3ccccc3)c3c2CCC3)CCO1. The van der Waals surface area contributed by atoms with E-state index in [0.717, 1.165) is 36.2 Å². The van der Waals surface area contributed by atoms with Crippen molar-refractivity contribution in [1.29, 1.82) is 0 Å². The minimum atomic E-state index is -1.04. The van der Waals surface area contributed by atoms with Crippen molar-refractivity contribution in [3.05, 3.63) is 47.3 Å². The summed E-state index contributed by atoms with van der Waals surface area (Å²) in [6, 6.07) is 9.77. The van der Waals surface area contributed by atoms with Crippen molar-refractivity contribution >= 4 is 11.9 Å². The van der Waals surface area contributed by atoms with E-state index in [9.17, 15) is 9.59 Å². The first-order valence-electron chi connectivity index (χ1n) is 8.45. The van der Waals surface area contributed by atoms with Crippen molar-refractivity contribution in [3.8, 4) is 5.69 Å². The molecule has 130 valence electrons. The van der Waals surface area contributed by atoms with Crippen LogP contribution < -0.4 is 0 Å². The molecule has 2 heterocycles. The van der Waals surface area contributed by atoms with Crippen LogP contribution in [-0.4, -0.2) is 57.5 Å². The van der Waals surface area contributed by atoms with Gasteiger partial charge in [-0.1, -0.05) is 18.2 Å². The van der Waals surface area contributed by atoms with Crippen LogP contribution in [0, 0.1) is 0 Å². The molecule has 1 aliphatic heterocycles. The molecule has 1 N–H and O–H groups in total. The molecule has 1 aromatic heterocycles. The fourth-order valence-corrected chi connectivity index (χ4v) is 3.52. The Bertz CT molecular complexity index is 815. The molecule has 4 rings (SSSR count). The number of hydrogen-bond acceptors (Lipinski definition) is 4. The van der Waals surface area contributed by atoms with E-state index in [0.29, 0.717) is 12.2 Å². The second kappa shape index (κ2) is 6.33. The van der Waals surface area contributed by atoms with Gasteiger partial charge in [-0.05, 0) is 31.4 Å². The van der Waals surface area contributed by atoms with Crippen molar-refractivity contribution in [2.45, 2.75) is 25.4 Å². The number of rotatable bonds is 3. The average Bonchev–Trinajstić information content (AvgIpc) is 3.24. The van der Waals surface area contributed by atoms with Gasteiger partial charge in [0.25, 0.3) is 5.91 Å². The molecule has 0 radical (unpaired) electrons. The van der Waals surface area contributed by atoms with E-state index in [1.165, 1.54) is 0 Å². The van der Waals surface area contributed by atoms with Gasteiger partial charge in [0.1, 0.15) is 0 Å². The molecular weight excluding hydrogens is 322 g/mol. The van der Waals surface area contributed by atoms with Crippen molar-refractivity contribution < 1.29 is 19.4 Å². The smallest absolute Gasteiger partial charge is 0.334 e. The number of nitrogens with zero attached hydrogens (tertiary/aromatic N) is 3. The lowest BCUT2D eigenvalue weighted by molar-refractivity contribution is -0.154. The summed E-state index contributed by atoms with van der Waals surface area (Å²) in [5.74, 6) is -1.25. The Hall–Kier alpha value is -2.67. The molecule has 1 amide bonds. The van der Waals surface area contributed by atoms with Gasteiger partial charge in [-0.15, -0.1) is 0 Å². The van der Waals surface area contributed by atoms with Crippen LogP contribution in [0.2, 0.25) is 0 Å². The number of carboxylic acid groups (broad SMARTS) is 1. The predicted molar refractivity (Wildman–Crippen MR) is 88.9 cm³/mol. The van der Waals surface area contributed by atoms with Crippen LogP contribution in [-0.2, 0) is 22.4 Å². The van der Waals surface area contributed by atoms with Crippen molar-refractivity contribution in [2.75, 3.05) is 19.7 Å². The molecule has 1 aliphatic carbocycles. The van der Waals surface area contributed by atoms with Gasteiger partial charge >= 0.3 is 5.97 Å². The fourth-order valence-electron chi connectivity index (χ4n) is 3.52. The Labute approximate surface area is 144 Å². The molecule has 7 nitrogen and oxygen atoms in total. The van der Waals surface area contributed by atoms with E-state index >= 15 is 0 Å². The Kier molecular flexibility index (Phi) is 4.01. The number of amides is 1. The minimum absolute atomic E-state index is 0.0567. The molecule has 1 unspecified atom stereocenters. The molecule has 0 bridgehead atoms. The van der Waals surface area contributed by atoms with Crippen LogP contribution in [0.1, 0.15) is 28.2 Å². The summed E-state index contributed by atoms with van der Waals surface area (Å²) >= 11 is 0. The summed E-state index contributed by atoms with van der Waals surface area (Å²) < 4.78 is 7.06. The van der Waals surface area contributed by atoms with Gasteiger partial charge in [0.05, 0.1) is 18.8 Å². The molecule has 1 atom stereocenters. The maximum Gasteiger partial charge on any atom is 0.334 e. The number of para-hydroxylation sites is 1. The first-order chi connectivity index (χ1) is 12.1. The number of hydrogen-bond donors (Lipinski definition) is 1. The molecule has 0 spiro atoms. The Morgan fingerprint density at radius 1 is 1.20 bits per heavy atom. The summed E-state index contributed by atoms with van der Waals surface area (Å²) in [4.78, 5) is 25.7. The number of carboxylic acids is 1. The van der Waals surface area contributed by atoms with Gasteiger partial charge in [0.2, 0.25) is 0 Å². The highest BCUT2D eigenvalue weighted by Gasteiger charge is 2.34. The Morgan fingerprint density at radius 2 is 2.00 bits per heavy atom. The zero-order valence-corrected chi connectivity index (χ0v) is 13.7. The van der Waals surface area contributed by atoms with Crippen molar-refractivity contribution in [3.63, 3.8) is 0 Å². The minimum Gasteiger partial charge on any atom is -0.479 e. The number of carbonyl (C=O) groups is 2. The van der Waals surface area contributed by atoms with Crippen LogP contribution in [0.3, 0.4) is 0 Å². The lowest BCUT2D eigenvalue weighted by Gasteiger charge is -2.30. The second-order valence-electron chi connectivity index (χ2n) is 6.32. The van der Waals surface area contributed by atoms with Crippen molar-refractivity contribution in [1.82, 2.24) is 14.7 Å². The number of fused-ring (bicyclic) bond motifs is 1. The third kappa shape index (κ3) is 2.80. The standard InChI is InChI=1S/C18H19N3O4/c22-17(20-9-10-25-15(11-20)18(23)24)16-13-7-4-8-14(13)21(19-16)12-5-2-1-3-6-12/h1-3,5-6,15H,4,7-11H2,(H,23,24). The average molecular weight is 341 g/mol. The maximum absolute atomic E-state index is 13.0. The number of aromatic nitrogens is 2. The molecule has 2 aliphatic rings. The molecule has 7 heteroatoms. The monoisotopic (exact) mass is 341 g/mol. The van der Waals surface area contributed by atoms with Gasteiger partial charge in [0, 0.05) is 17.8 Å². The zero-order chi connectivity index (χ0) is 17.4. The zero-order valence-electron chi connectivity index (χ0n) is 13.7. The Balaban J connectivity index is 1.67. The van der Waals surface area contributed by atoms with Crippen molar-refractivity contribution in [2.24, 2.45) is 0 Å². The normalized spacial score (nSPS) is 19.7. The second-order valence-corrected chi connectivity index (χ2v) is 6.32. The van der Waals surface area contributed by atoms with Gasteiger partial charge in [-0.2, -0.15) is 5.10 Å². The fraction of sp³-hybridized carbons (Fsp3) is 0.389. The lowest BCUT2D eigenvalue weighted by atomic mass is 10.1. The van der Waals surface area contributed by atoms with E-state index in [1.807, 2.05) is 35.0 Å². The molecule has 1 fully saturated rings. The van der Waals surface area contributed by atoms with Gasteiger partial charge in [-0.25, -0.2) is 9.48 Å². The quantitative estimate of drug-likeness (QED) is 0.909. The predicted octanol–water partition coefficient (Wildman–Crippen LogP) is 1.29. The number of ether oxygens (including phenoxy) is 1. The van der Waals surface area contributed by atoms with Gasteiger partial charge < -0.3 is 14.7 Å². The molecule has 0 saturated carbocycles. The summed E-state index contributed by atoms with van der Waals surface area (Å²) in [6.07, 6.45) is 1.75. The largest absolute Gasteiger partial charge is 0.479 e. The number of aliphatic carboxylic acids is 1. The Morgan fingerprint density at radius 3 is 2.76 bits per heavy atom. The summed E-state index contributed by atoms with van der Waals surface area (Å²) in [6.45, 7) is 0.668. The maximum atomic E-state index is 13.0.